The van der Waals surface area contributed by atoms with Crippen LogP contribution in [0, 0.1) is 6.92 Å². The number of allylic oxidation sites excluding steroid dienone is 7. The van der Waals surface area contributed by atoms with Crippen LogP contribution in [0.3, 0.4) is 0 Å². The van der Waals surface area contributed by atoms with Gasteiger partial charge in [0.25, 0.3) is 0 Å². The molecule has 1 aliphatic heterocycles. The number of fused-ring (bicyclic) bond motifs is 1. The van der Waals surface area contributed by atoms with E-state index in [1.807, 2.05) is 32.9 Å². The van der Waals surface area contributed by atoms with Gasteiger partial charge in [0.15, 0.2) is 0 Å². The number of carboxylic acid groups (broad SMARTS) is 1. The summed E-state index contributed by atoms with van der Waals surface area (Å²) in [6.07, 6.45) is 10.9. The van der Waals surface area contributed by atoms with Crippen LogP contribution in [0.15, 0.2) is 90.5 Å². The maximum absolute atomic E-state index is 13.3. The van der Waals surface area contributed by atoms with Gasteiger partial charge < -0.3 is 15.2 Å². The van der Waals surface area contributed by atoms with E-state index in [0.29, 0.717) is 17.2 Å². The van der Waals surface area contributed by atoms with Gasteiger partial charge in [-0.2, -0.15) is 0 Å². The minimum Gasteiger partial charge on any atom is -0.478 e. The lowest BCUT2D eigenvalue weighted by atomic mass is 9.91. The van der Waals surface area contributed by atoms with Crippen molar-refractivity contribution in [1.82, 2.24) is 0 Å². The molecular weight excluding hydrogens is 441 g/mol. The van der Waals surface area contributed by atoms with E-state index in [0.717, 1.165) is 40.7 Å². The van der Waals surface area contributed by atoms with Crippen molar-refractivity contribution in [3.05, 3.63) is 113 Å². The van der Waals surface area contributed by atoms with E-state index < -0.39 is 11.8 Å². The van der Waals surface area contributed by atoms with Gasteiger partial charge in [-0.1, -0.05) is 50.3 Å². The number of ether oxygens (including phenoxy) is 1. The number of para-hydroxylation sites is 1. The van der Waals surface area contributed by atoms with Crippen LogP contribution in [0.2, 0.25) is 0 Å². The number of hydrogen-bond donors (Lipinski definition) is 2. The number of halogens is 1. The third-order valence-electron chi connectivity index (χ3n) is 5.76. The molecule has 35 heavy (non-hydrogen) atoms. The zero-order chi connectivity index (χ0) is 25.5. The Morgan fingerprint density at radius 3 is 2.66 bits per heavy atom. The number of aromatic carboxylic acids is 1. The molecule has 0 spiro atoms. The van der Waals surface area contributed by atoms with Gasteiger partial charge in [0.05, 0.1) is 11.6 Å². The molecule has 0 fully saturated rings. The molecule has 0 saturated carbocycles. The first kappa shape index (κ1) is 25.8. The first-order chi connectivity index (χ1) is 16.7. The van der Waals surface area contributed by atoms with Gasteiger partial charge in [-0.25, -0.2) is 9.18 Å². The number of rotatable bonds is 9. The van der Waals surface area contributed by atoms with Gasteiger partial charge in [0.2, 0.25) is 0 Å². The molecule has 0 aromatic heterocycles. The molecular formula is C30H32FNO3. The summed E-state index contributed by atoms with van der Waals surface area (Å²) in [5, 5.41) is 12.9. The van der Waals surface area contributed by atoms with Gasteiger partial charge in [-0.15, -0.1) is 0 Å². The quantitative estimate of drug-likeness (QED) is 0.360. The summed E-state index contributed by atoms with van der Waals surface area (Å²) >= 11 is 0. The lowest BCUT2D eigenvalue weighted by Crippen LogP contribution is -2.15. The predicted octanol–water partition coefficient (Wildman–Crippen LogP) is 8.31. The van der Waals surface area contributed by atoms with E-state index in [2.05, 4.69) is 37.0 Å². The summed E-state index contributed by atoms with van der Waals surface area (Å²) in [6.45, 7) is 11.3. The Kier molecular flexibility index (Phi) is 8.48. The third kappa shape index (κ3) is 6.18. The minimum atomic E-state index is -0.989. The average molecular weight is 474 g/mol. The largest absolute Gasteiger partial charge is 0.478 e. The highest BCUT2D eigenvalue weighted by molar-refractivity contribution is 5.94. The molecule has 2 aromatic carbocycles. The molecule has 1 aliphatic rings. The first-order valence-corrected chi connectivity index (χ1v) is 11.8. The average Bonchev–Trinajstić information content (AvgIpc) is 2.82. The molecule has 0 saturated heterocycles. The molecule has 1 heterocycles. The van der Waals surface area contributed by atoms with Crippen molar-refractivity contribution in [1.29, 1.82) is 0 Å². The number of aryl methyl sites for hydroxylation is 1. The summed E-state index contributed by atoms with van der Waals surface area (Å²) in [5.74, 6) is -0.205. The van der Waals surface area contributed by atoms with Crippen LogP contribution in [-0.2, 0) is 0 Å². The number of carbonyl (C=O) groups is 1. The molecule has 182 valence electrons. The monoisotopic (exact) mass is 473 g/mol. The Balaban J connectivity index is 2.10. The van der Waals surface area contributed by atoms with Crippen molar-refractivity contribution in [2.75, 3.05) is 5.32 Å². The van der Waals surface area contributed by atoms with Gasteiger partial charge >= 0.3 is 5.97 Å². The fraction of sp³-hybridized carbons (Fsp3) is 0.233. The maximum atomic E-state index is 13.3. The zero-order valence-corrected chi connectivity index (χ0v) is 20.7. The van der Waals surface area contributed by atoms with Gasteiger partial charge in [0, 0.05) is 22.4 Å². The van der Waals surface area contributed by atoms with Crippen LogP contribution in [-0.4, -0.2) is 11.1 Å². The van der Waals surface area contributed by atoms with E-state index in [1.54, 1.807) is 30.3 Å². The van der Waals surface area contributed by atoms with E-state index in [-0.39, 0.29) is 11.6 Å². The highest BCUT2D eigenvalue weighted by atomic mass is 19.1. The molecule has 0 amide bonds. The molecule has 0 bridgehead atoms. The third-order valence-corrected chi connectivity index (χ3v) is 5.76. The SMILES string of the molecule is C=C(F)/C=C\C(=CC)C1=CC(=CCCC)c2cc(C)cc(C(C)Nc3ccccc3C(=O)O)c2O1. The Morgan fingerprint density at radius 1 is 1.26 bits per heavy atom. The van der Waals surface area contributed by atoms with Crippen molar-refractivity contribution in [2.24, 2.45) is 0 Å². The van der Waals surface area contributed by atoms with Crippen molar-refractivity contribution < 1.29 is 19.0 Å². The molecule has 0 radical (unpaired) electrons. The normalized spacial score (nSPS) is 15.4. The number of hydrogen-bond acceptors (Lipinski definition) is 3. The van der Waals surface area contributed by atoms with E-state index in [4.69, 9.17) is 4.74 Å². The summed E-state index contributed by atoms with van der Waals surface area (Å²) in [5.41, 5.74) is 5.47. The van der Waals surface area contributed by atoms with E-state index >= 15 is 0 Å². The minimum absolute atomic E-state index is 0.207. The maximum Gasteiger partial charge on any atom is 0.337 e. The van der Waals surface area contributed by atoms with Crippen LogP contribution < -0.4 is 10.1 Å². The van der Waals surface area contributed by atoms with Gasteiger partial charge in [-0.05, 0) is 74.8 Å². The van der Waals surface area contributed by atoms with Gasteiger partial charge in [-0.3, -0.25) is 0 Å². The number of carboxylic acids is 1. The molecule has 3 rings (SSSR count). The second-order valence-corrected chi connectivity index (χ2v) is 8.53. The number of anilines is 1. The lowest BCUT2D eigenvalue weighted by Gasteiger charge is -2.27. The van der Waals surface area contributed by atoms with Crippen LogP contribution in [0.1, 0.15) is 66.7 Å². The second kappa shape index (κ2) is 11.5. The highest BCUT2D eigenvalue weighted by Gasteiger charge is 2.25. The van der Waals surface area contributed by atoms with Crippen molar-refractivity contribution in [2.45, 2.75) is 46.6 Å². The van der Waals surface area contributed by atoms with Crippen molar-refractivity contribution >= 4 is 17.2 Å². The Hall–Kier alpha value is -3.86. The van der Waals surface area contributed by atoms with Crippen LogP contribution in [0.5, 0.6) is 5.75 Å². The van der Waals surface area contributed by atoms with Crippen molar-refractivity contribution in [3.63, 3.8) is 0 Å². The number of benzene rings is 2. The summed E-state index contributed by atoms with van der Waals surface area (Å²) in [4.78, 5) is 11.7. The van der Waals surface area contributed by atoms with E-state index in [1.165, 1.54) is 6.08 Å². The zero-order valence-electron chi connectivity index (χ0n) is 20.7. The summed E-state index contributed by atoms with van der Waals surface area (Å²) in [6, 6.07) is 10.8. The number of unbranched alkanes of at least 4 members (excludes halogenated alkanes) is 1. The Labute approximate surface area is 206 Å². The molecule has 1 atom stereocenters. The Bertz CT molecular complexity index is 1250. The van der Waals surface area contributed by atoms with Crippen molar-refractivity contribution in [3.8, 4) is 5.75 Å². The van der Waals surface area contributed by atoms with Crippen LogP contribution in [0.4, 0.5) is 10.1 Å². The summed E-state index contributed by atoms with van der Waals surface area (Å²) in [7, 11) is 0. The van der Waals surface area contributed by atoms with E-state index in [9.17, 15) is 14.3 Å². The first-order valence-electron chi connectivity index (χ1n) is 11.8. The lowest BCUT2D eigenvalue weighted by molar-refractivity contribution is 0.0698. The smallest absolute Gasteiger partial charge is 0.337 e. The molecule has 2 N–H and O–H groups in total. The molecule has 0 aliphatic carbocycles. The second-order valence-electron chi connectivity index (χ2n) is 8.53. The predicted molar refractivity (Wildman–Crippen MR) is 141 cm³/mol. The van der Waals surface area contributed by atoms with Crippen LogP contribution >= 0.6 is 0 Å². The highest BCUT2D eigenvalue weighted by Crippen LogP contribution is 2.42. The fourth-order valence-electron chi connectivity index (χ4n) is 4.03. The molecule has 5 heteroatoms. The fourth-order valence-corrected chi connectivity index (χ4v) is 4.03. The molecule has 2 aromatic rings. The van der Waals surface area contributed by atoms with Crippen LogP contribution in [0.25, 0.3) is 5.57 Å². The molecule has 4 nitrogen and oxygen atoms in total. The molecule has 1 unspecified atom stereocenters. The topological polar surface area (TPSA) is 58.6 Å². The summed E-state index contributed by atoms with van der Waals surface area (Å²) < 4.78 is 19.8. The number of nitrogens with one attached hydrogen (secondary N) is 1. The van der Waals surface area contributed by atoms with Gasteiger partial charge in [0.1, 0.15) is 17.3 Å². The standard InChI is InChI=1S/C30H32FNO3/c1-6-8-11-23-18-28(22(7-2)15-14-20(4)31)35-29-25(16-19(3)17-26(23)29)21(5)32-27-13-10-9-12-24(27)30(33)34/h7,9-18,21,32H,4,6,8H2,1-3,5H3,(H,33,34)/b15-14-,22-7?,23-11?. The Morgan fingerprint density at radius 2 is 2.00 bits per heavy atom.